The largest absolute Gasteiger partial charge is 0.493 e. The zero-order valence-electron chi connectivity index (χ0n) is 15.4. The lowest BCUT2D eigenvalue weighted by Gasteiger charge is -2.22. The van der Waals surface area contributed by atoms with E-state index >= 15 is 0 Å². The molecule has 0 heterocycles. The molecule has 0 fully saturated rings. The number of nitrogens with zero attached hydrogens (tertiary/aromatic N) is 2. The van der Waals surface area contributed by atoms with Crippen LogP contribution in [-0.4, -0.2) is 48.3 Å². The predicted molar refractivity (Wildman–Crippen MR) is 92.4 cm³/mol. The van der Waals surface area contributed by atoms with E-state index in [9.17, 15) is 28.5 Å². The van der Waals surface area contributed by atoms with Crippen molar-refractivity contribution in [3.8, 4) is 11.5 Å². The molecule has 0 aliphatic rings. The number of hydrogen-bond donors (Lipinski definition) is 0. The first kappa shape index (κ1) is 22.3. The minimum Gasteiger partial charge on any atom is -0.493 e. The van der Waals surface area contributed by atoms with Crippen LogP contribution in [0.1, 0.15) is 43.5 Å². The molecule has 1 aromatic carbocycles. The van der Waals surface area contributed by atoms with E-state index in [1.165, 1.54) is 14.0 Å². The van der Waals surface area contributed by atoms with E-state index in [0.717, 1.165) is 18.6 Å². The summed E-state index contributed by atoms with van der Waals surface area (Å²) in [6.45, 7) is 2.23. The molecule has 1 aromatic rings. The van der Waals surface area contributed by atoms with E-state index in [0.29, 0.717) is 6.42 Å². The van der Waals surface area contributed by atoms with Crippen molar-refractivity contribution in [1.29, 1.82) is 0 Å². The van der Waals surface area contributed by atoms with Crippen LogP contribution in [-0.2, 0) is 4.79 Å². The first-order valence-electron chi connectivity index (χ1n) is 8.34. The number of carbonyl (C=O) groups excluding carboxylic acids is 2. The number of alkyl halides is 2. The van der Waals surface area contributed by atoms with Gasteiger partial charge in [-0.1, -0.05) is 20.3 Å². The smallest absolute Gasteiger partial charge is 0.286 e. The van der Waals surface area contributed by atoms with E-state index < -0.39 is 41.0 Å². The van der Waals surface area contributed by atoms with Crippen LogP contribution in [0.2, 0.25) is 0 Å². The number of halogens is 2. The van der Waals surface area contributed by atoms with E-state index in [2.05, 4.69) is 0 Å². The Morgan fingerprint density at radius 1 is 1.33 bits per heavy atom. The Morgan fingerprint density at radius 3 is 2.48 bits per heavy atom. The first-order chi connectivity index (χ1) is 12.7. The summed E-state index contributed by atoms with van der Waals surface area (Å²) in [5, 5.41) is 11.4. The van der Waals surface area contributed by atoms with Gasteiger partial charge in [-0.3, -0.25) is 24.6 Å². The predicted octanol–water partition coefficient (Wildman–Crippen LogP) is 3.43. The molecule has 0 N–H and O–H groups in total. The summed E-state index contributed by atoms with van der Waals surface area (Å²) in [7, 11) is 1.27. The summed E-state index contributed by atoms with van der Waals surface area (Å²) in [4.78, 5) is 34.4. The summed E-state index contributed by atoms with van der Waals surface area (Å²) in [5.74, 6) is -4.46. The van der Waals surface area contributed by atoms with E-state index in [-0.39, 0.29) is 29.4 Å². The number of hydrogen-bond acceptors (Lipinski definition) is 6. The van der Waals surface area contributed by atoms with E-state index in [1.807, 2.05) is 6.92 Å². The second-order valence-corrected chi connectivity index (χ2v) is 5.73. The third-order valence-electron chi connectivity index (χ3n) is 3.77. The van der Waals surface area contributed by atoms with Gasteiger partial charge in [-0.2, -0.15) is 0 Å². The standard InChI is InChI=1S/C17H22F2N2O6/c1-4-6-7-27-15-9-13(21(24)25)12(8-14(15)26-3)16(23)20(11-22)10-17(18,19)5-2/h8-9,11H,4-7,10H2,1-3H3. The average Bonchev–Trinajstić information content (AvgIpc) is 2.65. The van der Waals surface area contributed by atoms with Crippen LogP contribution in [0.4, 0.5) is 14.5 Å². The van der Waals surface area contributed by atoms with Gasteiger partial charge < -0.3 is 9.47 Å². The summed E-state index contributed by atoms with van der Waals surface area (Å²) < 4.78 is 37.7. The van der Waals surface area contributed by atoms with Gasteiger partial charge in [0.15, 0.2) is 11.5 Å². The minimum atomic E-state index is -3.31. The van der Waals surface area contributed by atoms with Crippen molar-refractivity contribution in [2.24, 2.45) is 0 Å². The summed E-state index contributed by atoms with van der Waals surface area (Å²) in [5.41, 5.74) is -1.21. The number of nitro benzene ring substituents is 1. The second kappa shape index (κ2) is 9.79. The van der Waals surface area contributed by atoms with Gasteiger partial charge in [-0.05, 0) is 6.42 Å². The molecule has 0 atom stereocenters. The number of imide groups is 1. The molecular formula is C17H22F2N2O6. The topological polar surface area (TPSA) is 99.0 Å². The number of methoxy groups -OCH3 is 1. The molecule has 27 heavy (non-hydrogen) atoms. The maximum Gasteiger partial charge on any atom is 0.286 e. The Labute approximate surface area is 155 Å². The zero-order valence-corrected chi connectivity index (χ0v) is 15.4. The molecule has 0 spiro atoms. The highest BCUT2D eigenvalue weighted by Crippen LogP contribution is 2.35. The lowest BCUT2D eigenvalue weighted by molar-refractivity contribution is -0.385. The highest BCUT2D eigenvalue weighted by Gasteiger charge is 2.35. The quantitative estimate of drug-likeness (QED) is 0.249. The Morgan fingerprint density at radius 2 is 2.00 bits per heavy atom. The lowest BCUT2D eigenvalue weighted by atomic mass is 10.1. The molecule has 0 aliphatic heterocycles. The van der Waals surface area contributed by atoms with Crippen LogP contribution in [0, 0.1) is 10.1 Å². The number of ether oxygens (including phenoxy) is 2. The van der Waals surface area contributed by atoms with Crippen molar-refractivity contribution in [2.75, 3.05) is 20.3 Å². The molecule has 0 bridgehead atoms. The van der Waals surface area contributed by atoms with Gasteiger partial charge in [0.2, 0.25) is 6.41 Å². The fourth-order valence-corrected chi connectivity index (χ4v) is 2.14. The molecule has 0 aromatic heterocycles. The van der Waals surface area contributed by atoms with Gasteiger partial charge in [-0.15, -0.1) is 0 Å². The molecule has 0 radical (unpaired) electrons. The maximum atomic E-state index is 13.6. The summed E-state index contributed by atoms with van der Waals surface area (Å²) in [6, 6.07) is 2.00. The van der Waals surface area contributed by atoms with E-state index in [4.69, 9.17) is 9.47 Å². The lowest BCUT2D eigenvalue weighted by Crippen LogP contribution is -2.40. The fourth-order valence-electron chi connectivity index (χ4n) is 2.14. The Hall–Kier alpha value is -2.78. The average molecular weight is 388 g/mol. The SMILES string of the molecule is CCCCOc1cc([N+](=O)[O-])c(C(=O)N(C=O)CC(F)(F)CC)cc1OC. The van der Waals surface area contributed by atoms with Crippen LogP contribution in [0.5, 0.6) is 11.5 Å². The number of amides is 2. The van der Waals surface area contributed by atoms with Crippen molar-refractivity contribution in [1.82, 2.24) is 4.90 Å². The summed E-state index contributed by atoms with van der Waals surface area (Å²) in [6.07, 6.45) is 0.859. The van der Waals surface area contributed by atoms with Gasteiger partial charge in [0.1, 0.15) is 5.56 Å². The number of unbranched alkanes of at least 4 members (excludes halogenated alkanes) is 1. The molecule has 150 valence electrons. The Bertz CT molecular complexity index is 696. The molecule has 1 rings (SSSR count). The van der Waals surface area contributed by atoms with Crippen LogP contribution in [0.3, 0.4) is 0 Å². The second-order valence-electron chi connectivity index (χ2n) is 5.73. The van der Waals surface area contributed by atoms with Gasteiger partial charge in [-0.25, -0.2) is 8.78 Å². The van der Waals surface area contributed by atoms with Crippen LogP contribution < -0.4 is 9.47 Å². The Balaban J connectivity index is 3.33. The van der Waals surface area contributed by atoms with Gasteiger partial charge in [0.05, 0.1) is 31.3 Å². The molecule has 0 saturated carbocycles. The number of carbonyl (C=O) groups is 2. The van der Waals surface area contributed by atoms with Gasteiger partial charge in [0, 0.05) is 12.5 Å². The van der Waals surface area contributed by atoms with Crippen LogP contribution in [0.25, 0.3) is 0 Å². The third-order valence-corrected chi connectivity index (χ3v) is 3.77. The number of nitro groups is 1. The minimum absolute atomic E-state index is 0.0214. The molecule has 2 amide bonds. The zero-order chi connectivity index (χ0) is 20.6. The third kappa shape index (κ3) is 5.87. The van der Waals surface area contributed by atoms with E-state index in [1.54, 1.807) is 0 Å². The normalized spacial score (nSPS) is 11.0. The molecule has 10 heteroatoms. The molecule has 0 aliphatic carbocycles. The first-order valence-corrected chi connectivity index (χ1v) is 8.34. The highest BCUT2D eigenvalue weighted by molar-refractivity contribution is 6.03. The van der Waals surface area contributed by atoms with Crippen molar-refractivity contribution >= 4 is 18.0 Å². The summed E-state index contributed by atoms with van der Waals surface area (Å²) >= 11 is 0. The maximum absolute atomic E-state index is 13.6. The van der Waals surface area contributed by atoms with Crippen molar-refractivity contribution in [2.45, 2.75) is 39.0 Å². The highest BCUT2D eigenvalue weighted by atomic mass is 19.3. The van der Waals surface area contributed by atoms with Crippen molar-refractivity contribution < 1.29 is 32.8 Å². The van der Waals surface area contributed by atoms with Crippen molar-refractivity contribution in [3.05, 3.63) is 27.8 Å². The van der Waals surface area contributed by atoms with Crippen LogP contribution in [0.15, 0.2) is 12.1 Å². The Kier molecular flexibility index (Phi) is 8.07. The number of benzene rings is 1. The molecule has 0 unspecified atom stereocenters. The number of rotatable bonds is 11. The molecule has 0 saturated heterocycles. The van der Waals surface area contributed by atoms with Gasteiger partial charge >= 0.3 is 0 Å². The van der Waals surface area contributed by atoms with Crippen molar-refractivity contribution in [3.63, 3.8) is 0 Å². The molecule has 8 nitrogen and oxygen atoms in total. The monoisotopic (exact) mass is 388 g/mol. The van der Waals surface area contributed by atoms with Gasteiger partial charge in [0.25, 0.3) is 17.5 Å². The fraction of sp³-hybridized carbons (Fsp3) is 0.529. The molecular weight excluding hydrogens is 366 g/mol. The van der Waals surface area contributed by atoms with Crippen LogP contribution >= 0.6 is 0 Å².